The maximum absolute atomic E-state index is 12.7. The van der Waals surface area contributed by atoms with E-state index in [4.69, 9.17) is 16.0 Å². The quantitative estimate of drug-likeness (QED) is 0.338. The lowest BCUT2D eigenvalue weighted by Gasteiger charge is -2.09. The minimum Gasteiger partial charge on any atom is -0.465 e. The van der Waals surface area contributed by atoms with Crippen LogP contribution in [0, 0.1) is 0 Å². The maximum atomic E-state index is 12.7. The highest BCUT2D eigenvalue weighted by Gasteiger charge is 2.12. The Kier molecular flexibility index (Phi) is 6.58. The Morgan fingerprint density at radius 2 is 1.81 bits per heavy atom. The lowest BCUT2D eigenvalue weighted by Crippen LogP contribution is -2.26. The molecule has 0 radical (unpaired) electrons. The zero-order valence-corrected chi connectivity index (χ0v) is 15.6. The first-order valence-electron chi connectivity index (χ1n) is 8.19. The van der Waals surface area contributed by atoms with E-state index in [1.165, 1.54) is 0 Å². The molecule has 3 nitrogen and oxygen atoms in total. The summed E-state index contributed by atoms with van der Waals surface area (Å²) in [5.74, 6) is 1.30. The predicted octanol–water partition coefficient (Wildman–Crippen LogP) is 5.38. The lowest BCUT2D eigenvalue weighted by atomic mass is 10.0. The number of carbonyl (C=O) groups excluding carboxylic acids is 1. The van der Waals surface area contributed by atoms with Crippen LogP contribution in [-0.2, 0) is 4.79 Å². The Morgan fingerprint density at radius 3 is 2.50 bits per heavy atom. The van der Waals surface area contributed by atoms with Gasteiger partial charge in [0.1, 0.15) is 5.76 Å². The summed E-state index contributed by atoms with van der Waals surface area (Å²) in [5.41, 5.74) is 1.43. The van der Waals surface area contributed by atoms with Crippen molar-refractivity contribution >= 4 is 40.9 Å². The van der Waals surface area contributed by atoms with E-state index in [0.29, 0.717) is 17.9 Å². The zero-order chi connectivity index (χ0) is 18.2. The first kappa shape index (κ1) is 18.4. The Morgan fingerprint density at radius 1 is 1.04 bits per heavy atom. The zero-order valence-electron chi connectivity index (χ0n) is 14.0. The Balaban J connectivity index is 1.62. The smallest absolute Gasteiger partial charge is 0.252 e. The normalized spacial score (nSPS) is 11.3. The molecular weight excluding hydrogens is 366 g/mol. The van der Waals surface area contributed by atoms with E-state index >= 15 is 0 Å². The molecule has 132 valence electrons. The summed E-state index contributed by atoms with van der Waals surface area (Å²) in [4.78, 5) is 13.8. The maximum Gasteiger partial charge on any atom is 0.252 e. The van der Waals surface area contributed by atoms with Crippen LogP contribution in [0.1, 0.15) is 11.3 Å². The minimum atomic E-state index is -0.121. The number of furan rings is 1. The van der Waals surface area contributed by atoms with E-state index in [1.54, 1.807) is 30.2 Å². The van der Waals surface area contributed by atoms with E-state index in [9.17, 15) is 4.79 Å². The van der Waals surface area contributed by atoms with Gasteiger partial charge in [0.2, 0.25) is 0 Å². The molecule has 1 heterocycles. The van der Waals surface area contributed by atoms with Crippen molar-refractivity contribution in [3.8, 4) is 0 Å². The van der Waals surface area contributed by atoms with Crippen LogP contribution in [0.5, 0.6) is 0 Å². The van der Waals surface area contributed by atoms with Crippen LogP contribution in [0.2, 0.25) is 5.02 Å². The summed E-state index contributed by atoms with van der Waals surface area (Å²) in [6.07, 6.45) is 3.35. The topological polar surface area (TPSA) is 42.2 Å². The summed E-state index contributed by atoms with van der Waals surface area (Å²) in [6, 6.07) is 20.9. The van der Waals surface area contributed by atoms with E-state index in [1.807, 2.05) is 60.7 Å². The van der Waals surface area contributed by atoms with Gasteiger partial charge in [-0.2, -0.15) is 0 Å². The molecule has 3 aromatic rings. The fourth-order valence-corrected chi connectivity index (χ4v) is 3.27. The molecule has 0 fully saturated rings. The molecule has 0 spiro atoms. The SMILES string of the molecule is O=C(NCCSc1ccc(Cl)cc1)/C(=C/c1ccco1)c1ccccc1. The van der Waals surface area contributed by atoms with Crippen molar-refractivity contribution in [2.45, 2.75) is 4.90 Å². The Hall–Kier alpha value is -2.43. The minimum absolute atomic E-state index is 0.121. The van der Waals surface area contributed by atoms with Gasteiger partial charge in [-0.15, -0.1) is 11.8 Å². The number of nitrogens with one attached hydrogen (secondary N) is 1. The summed E-state index contributed by atoms with van der Waals surface area (Å²) in [7, 11) is 0. The van der Waals surface area contributed by atoms with Gasteiger partial charge in [0, 0.05) is 22.2 Å². The second-order valence-electron chi connectivity index (χ2n) is 5.50. The molecule has 0 atom stereocenters. The second-order valence-corrected chi connectivity index (χ2v) is 7.10. The largest absolute Gasteiger partial charge is 0.465 e. The summed E-state index contributed by atoms with van der Waals surface area (Å²) in [6.45, 7) is 0.564. The van der Waals surface area contributed by atoms with Crippen molar-refractivity contribution in [3.05, 3.63) is 89.3 Å². The van der Waals surface area contributed by atoms with Crippen LogP contribution >= 0.6 is 23.4 Å². The van der Waals surface area contributed by atoms with Crippen molar-refractivity contribution in [2.75, 3.05) is 12.3 Å². The van der Waals surface area contributed by atoms with Gasteiger partial charge in [-0.25, -0.2) is 0 Å². The lowest BCUT2D eigenvalue weighted by molar-refractivity contribution is -0.115. The molecule has 5 heteroatoms. The molecule has 1 aromatic heterocycles. The third-order valence-corrected chi connectivity index (χ3v) is 4.89. The van der Waals surface area contributed by atoms with Crippen molar-refractivity contribution in [2.24, 2.45) is 0 Å². The standard InChI is InChI=1S/C21H18ClNO2S/c22-17-8-10-19(11-9-17)26-14-12-23-21(24)20(15-18-7-4-13-25-18)16-5-2-1-3-6-16/h1-11,13,15H,12,14H2,(H,23,24)/b20-15+. The van der Waals surface area contributed by atoms with Gasteiger partial charge in [0.05, 0.1) is 11.8 Å². The third-order valence-electron chi connectivity index (χ3n) is 3.63. The fourth-order valence-electron chi connectivity index (χ4n) is 2.37. The monoisotopic (exact) mass is 383 g/mol. The first-order chi connectivity index (χ1) is 12.7. The number of thioether (sulfide) groups is 1. The van der Waals surface area contributed by atoms with Crippen LogP contribution < -0.4 is 5.32 Å². The average molecular weight is 384 g/mol. The molecule has 1 N–H and O–H groups in total. The second kappa shape index (κ2) is 9.32. The molecule has 0 bridgehead atoms. The first-order valence-corrected chi connectivity index (χ1v) is 9.56. The van der Waals surface area contributed by atoms with Crippen molar-refractivity contribution in [1.29, 1.82) is 0 Å². The summed E-state index contributed by atoms with van der Waals surface area (Å²) in [5, 5.41) is 3.70. The average Bonchev–Trinajstić information content (AvgIpc) is 3.18. The summed E-state index contributed by atoms with van der Waals surface area (Å²) < 4.78 is 5.36. The number of hydrogen-bond acceptors (Lipinski definition) is 3. The number of benzene rings is 2. The molecule has 3 rings (SSSR count). The van der Waals surface area contributed by atoms with Crippen LogP contribution in [-0.4, -0.2) is 18.2 Å². The van der Waals surface area contributed by atoms with E-state index < -0.39 is 0 Å². The highest BCUT2D eigenvalue weighted by atomic mass is 35.5. The van der Waals surface area contributed by atoms with Crippen LogP contribution in [0.25, 0.3) is 11.6 Å². The molecule has 0 saturated heterocycles. The molecule has 0 aliphatic rings. The molecule has 1 amide bonds. The van der Waals surface area contributed by atoms with Crippen molar-refractivity contribution < 1.29 is 9.21 Å². The van der Waals surface area contributed by atoms with Crippen LogP contribution in [0.15, 0.2) is 82.3 Å². The predicted molar refractivity (Wildman–Crippen MR) is 108 cm³/mol. The van der Waals surface area contributed by atoms with Crippen LogP contribution in [0.4, 0.5) is 0 Å². The third kappa shape index (κ3) is 5.28. The van der Waals surface area contributed by atoms with Gasteiger partial charge in [0.25, 0.3) is 5.91 Å². The Labute approximate surface area is 162 Å². The number of hydrogen-bond donors (Lipinski definition) is 1. The van der Waals surface area contributed by atoms with Crippen molar-refractivity contribution in [3.63, 3.8) is 0 Å². The summed E-state index contributed by atoms with van der Waals surface area (Å²) >= 11 is 7.56. The highest BCUT2D eigenvalue weighted by molar-refractivity contribution is 7.99. The van der Waals surface area contributed by atoms with Gasteiger partial charge in [-0.3, -0.25) is 4.79 Å². The van der Waals surface area contributed by atoms with E-state index in [2.05, 4.69) is 5.32 Å². The molecule has 26 heavy (non-hydrogen) atoms. The van der Waals surface area contributed by atoms with Gasteiger partial charge < -0.3 is 9.73 Å². The van der Waals surface area contributed by atoms with Gasteiger partial charge in [-0.1, -0.05) is 41.9 Å². The molecule has 0 unspecified atom stereocenters. The van der Waals surface area contributed by atoms with Crippen LogP contribution in [0.3, 0.4) is 0 Å². The molecule has 0 saturated carbocycles. The highest BCUT2D eigenvalue weighted by Crippen LogP contribution is 2.21. The number of carbonyl (C=O) groups is 1. The van der Waals surface area contributed by atoms with Gasteiger partial charge in [0.15, 0.2) is 0 Å². The molecular formula is C21H18ClNO2S. The van der Waals surface area contributed by atoms with E-state index in [0.717, 1.165) is 21.2 Å². The number of amides is 1. The van der Waals surface area contributed by atoms with E-state index in [-0.39, 0.29) is 5.91 Å². The van der Waals surface area contributed by atoms with Crippen molar-refractivity contribution in [1.82, 2.24) is 5.32 Å². The molecule has 2 aromatic carbocycles. The number of rotatable bonds is 7. The molecule has 0 aliphatic carbocycles. The fraction of sp³-hybridized carbons (Fsp3) is 0.0952. The Bertz CT molecular complexity index is 859. The molecule has 0 aliphatic heterocycles. The van der Waals surface area contributed by atoms with Gasteiger partial charge in [-0.05, 0) is 48.0 Å². The number of halogens is 1. The van der Waals surface area contributed by atoms with Gasteiger partial charge >= 0.3 is 0 Å².